The fourth-order valence-electron chi connectivity index (χ4n) is 3.49. The molecule has 0 atom stereocenters. The van der Waals surface area contributed by atoms with Crippen LogP contribution in [0.15, 0.2) is 36.4 Å². The number of hydrogen-bond donors (Lipinski definition) is 1. The summed E-state index contributed by atoms with van der Waals surface area (Å²) >= 11 is 2.01. The minimum absolute atomic E-state index is 0.124. The third kappa shape index (κ3) is 4.60. The zero-order valence-corrected chi connectivity index (χ0v) is 18.0. The Morgan fingerprint density at radius 1 is 1.00 bits per heavy atom. The van der Waals surface area contributed by atoms with Crippen LogP contribution in [-0.2, 0) is 6.54 Å². The molecule has 1 amide bonds. The minimum atomic E-state index is -0.124. The molecule has 0 aliphatic carbocycles. The fraction of sp³-hybridized carbons (Fsp3) is 0.348. The zero-order chi connectivity index (χ0) is 20.4. The van der Waals surface area contributed by atoms with Crippen LogP contribution in [0.3, 0.4) is 0 Å². The number of nitrogens with one attached hydrogen (secondary N) is 1. The zero-order valence-electron chi connectivity index (χ0n) is 17.2. The molecule has 0 radical (unpaired) electrons. The summed E-state index contributed by atoms with van der Waals surface area (Å²) in [6, 6.07) is 11.8. The molecular formula is C23H26N4OS. The van der Waals surface area contributed by atoms with Crippen LogP contribution in [0.1, 0.15) is 32.9 Å². The summed E-state index contributed by atoms with van der Waals surface area (Å²) in [5.74, 6) is 2.26. The summed E-state index contributed by atoms with van der Waals surface area (Å²) in [5.41, 5.74) is 7.09. The number of anilines is 1. The second-order valence-electron chi connectivity index (χ2n) is 7.59. The molecule has 0 unspecified atom stereocenters. The smallest absolute Gasteiger partial charge is 0.255 e. The van der Waals surface area contributed by atoms with Crippen LogP contribution in [0.5, 0.6) is 0 Å². The Balaban J connectivity index is 1.53. The van der Waals surface area contributed by atoms with Gasteiger partial charge < -0.3 is 5.32 Å². The van der Waals surface area contributed by atoms with Crippen LogP contribution in [0.2, 0.25) is 0 Å². The summed E-state index contributed by atoms with van der Waals surface area (Å²) < 4.78 is 0. The van der Waals surface area contributed by atoms with Gasteiger partial charge in [0.1, 0.15) is 0 Å². The van der Waals surface area contributed by atoms with E-state index in [0.717, 1.165) is 53.3 Å². The first-order valence-corrected chi connectivity index (χ1v) is 11.1. The van der Waals surface area contributed by atoms with Crippen molar-refractivity contribution in [3.8, 4) is 0 Å². The molecule has 0 bridgehead atoms. The minimum Gasteiger partial charge on any atom is -0.322 e. The molecule has 1 aromatic heterocycles. The first-order chi connectivity index (χ1) is 14.0. The van der Waals surface area contributed by atoms with Gasteiger partial charge in [-0.3, -0.25) is 9.69 Å². The van der Waals surface area contributed by atoms with Crippen molar-refractivity contribution in [3.63, 3.8) is 0 Å². The van der Waals surface area contributed by atoms with Crippen molar-refractivity contribution < 1.29 is 4.79 Å². The van der Waals surface area contributed by atoms with Gasteiger partial charge in [-0.25, -0.2) is 9.97 Å². The number of hydrogen-bond acceptors (Lipinski definition) is 5. The molecule has 29 heavy (non-hydrogen) atoms. The largest absolute Gasteiger partial charge is 0.322 e. The molecule has 0 saturated carbocycles. The number of nitrogens with zero attached hydrogens (tertiary/aromatic N) is 3. The molecule has 2 heterocycles. The second-order valence-corrected chi connectivity index (χ2v) is 8.81. The van der Waals surface area contributed by atoms with Crippen molar-refractivity contribution in [1.29, 1.82) is 0 Å². The Kier molecular flexibility index (Phi) is 5.83. The second kappa shape index (κ2) is 8.51. The van der Waals surface area contributed by atoms with E-state index in [-0.39, 0.29) is 5.91 Å². The van der Waals surface area contributed by atoms with Gasteiger partial charge in [0.25, 0.3) is 5.91 Å². The maximum Gasteiger partial charge on any atom is 0.255 e. The van der Waals surface area contributed by atoms with Gasteiger partial charge in [0.05, 0.1) is 22.4 Å². The topological polar surface area (TPSA) is 58.1 Å². The number of aromatic nitrogens is 2. The van der Waals surface area contributed by atoms with Gasteiger partial charge in [-0.05, 0) is 56.2 Å². The maximum absolute atomic E-state index is 12.9. The summed E-state index contributed by atoms with van der Waals surface area (Å²) in [6.45, 7) is 9.07. The van der Waals surface area contributed by atoms with Gasteiger partial charge in [-0.15, -0.1) is 0 Å². The standard InChI is InChI=1S/C23H26N4OS/c1-15-4-5-18(14-27-8-10-29-11-9-27)12-21(15)26-23(28)19-6-7-20-22(13-19)25-17(3)16(2)24-20/h4-7,12-13H,8-11,14H2,1-3H3,(H,26,28). The van der Waals surface area contributed by atoms with E-state index < -0.39 is 0 Å². The van der Waals surface area contributed by atoms with Crippen molar-refractivity contribution in [3.05, 3.63) is 64.5 Å². The van der Waals surface area contributed by atoms with Crippen LogP contribution in [0.4, 0.5) is 5.69 Å². The number of fused-ring (bicyclic) bond motifs is 1. The van der Waals surface area contributed by atoms with Crippen LogP contribution < -0.4 is 5.32 Å². The highest BCUT2D eigenvalue weighted by Gasteiger charge is 2.13. The lowest BCUT2D eigenvalue weighted by Crippen LogP contribution is -2.32. The van der Waals surface area contributed by atoms with E-state index in [9.17, 15) is 4.79 Å². The van der Waals surface area contributed by atoms with E-state index in [1.165, 1.54) is 17.1 Å². The lowest BCUT2D eigenvalue weighted by atomic mass is 10.1. The van der Waals surface area contributed by atoms with Crippen molar-refractivity contribution in [2.75, 3.05) is 29.9 Å². The van der Waals surface area contributed by atoms with Crippen LogP contribution >= 0.6 is 11.8 Å². The molecular weight excluding hydrogens is 380 g/mol. The summed E-state index contributed by atoms with van der Waals surface area (Å²) in [7, 11) is 0. The van der Waals surface area contributed by atoms with Crippen molar-refractivity contribution >= 4 is 34.4 Å². The molecule has 0 spiro atoms. The first-order valence-electron chi connectivity index (χ1n) is 9.95. The van der Waals surface area contributed by atoms with E-state index in [2.05, 4.69) is 38.4 Å². The van der Waals surface area contributed by atoms with Gasteiger partial charge in [-0.2, -0.15) is 11.8 Å². The predicted molar refractivity (Wildman–Crippen MR) is 121 cm³/mol. The van der Waals surface area contributed by atoms with Crippen molar-refractivity contribution in [1.82, 2.24) is 14.9 Å². The number of carbonyl (C=O) groups is 1. The van der Waals surface area contributed by atoms with Gasteiger partial charge in [0.15, 0.2) is 0 Å². The number of amides is 1. The molecule has 2 aromatic carbocycles. The lowest BCUT2D eigenvalue weighted by molar-refractivity contribution is 0.102. The Morgan fingerprint density at radius 2 is 1.72 bits per heavy atom. The summed E-state index contributed by atoms with van der Waals surface area (Å²) in [4.78, 5) is 24.5. The van der Waals surface area contributed by atoms with Gasteiger partial charge >= 0.3 is 0 Å². The van der Waals surface area contributed by atoms with Gasteiger partial charge in [-0.1, -0.05) is 12.1 Å². The number of rotatable bonds is 4. The first kappa shape index (κ1) is 19.9. The average molecular weight is 407 g/mol. The fourth-order valence-corrected chi connectivity index (χ4v) is 4.46. The Hall–Kier alpha value is -2.44. The Labute approximate surface area is 175 Å². The molecule has 4 rings (SSSR count). The van der Waals surface area contributed by atoms with E-state index in [1.54, 1.807) is 0 Å². The molecule has 6 heteroatoms. The average Bonchev–Trinajstić information content (AvgIpc) is 2.72. The van der Waals surface area contributed by atoms with Crippen LogP contribution in [0, 0.1) is 20.8 Å². The van der Waals surface area contributed by atoms with Crippen molar-refractivity contribution in [2.45, 2.75) is 27.3 Å². The molecule has 3 aromatic rings. The Morgan fingerprint density at radius 3 is 2.48 bits per heavy atom. The molecule has 5 nitrogen and oxygen atoms in total. The van der Waals surface area contributed by atoms with Crippen LogP contribution in [0.25, 0.3) is 11.0 Å². The molecule has 1 aliphatic heterocycles. The van der Waals surface area contributed by atoms with Gasteiger partial charge in [0.2, 0.25) is 0 Å². The van der Waals surface area contributed by atoms with Crippen molar-refractivity contribution in [2.24, 2.45) is 0 Å². The lowest BCUT2D eigenvalue weighted by Gasteiger charge is -2.26. The highest BCUT2D eigenvalue weighted by Crippen LogP contribution is 2.21. The number of benzene rings is 2. The van der Waals surface area contributed by atoms with E-state index in [1.807, 2.05) is 50.7 Å². The van der Waals surface area contributed by atoms with E-state index in [4.69, 9.17) is 0 Å². The third-order valence-electron chi connectivity index (χ3n) is 5.40. The number of aryl methyl sites for hydroxylation is 3. The molecule has 150 valence electrons. The molecule has 1 saturated heterocycles. The summed E-state index contributed by atoms with van der Waals surface area (Å²) in [5, 5.41) is 3.09. The quantitative estimate of drug-likeness (QED) is 0.698. The SMILES string of the molecule is Cc1ccc(CN2CCSCC2)cc1NC(=O)c1ccc2nc(C)c(C)nc2c1. The van der Waals surface area contributed by atoms with E-state index >= 15 is 0 Å². The Bertz CT molecular complexity index is 1060. The maximum atomic E-state index is 12.9. The number of thioether (sulfide) groups is 1. The predicted octanol–water partition coefficient (Wildman–Crippen LogP) is 4.36. The summed E-state index contributed by atoms with van der Waals surface area (Å²) in [6.07, 6.45) is 0. The molecule has 1 aliphatic rings. The number of carbonyl (C=O) groups excluding carboxylic acids is 1. The molecule has 1 fully saturated rings. The van der Waals surface area contributed by atoms with E-state index in [0.29, 0.717) is 5.56 Å². The monoisotopic (exact) mass is 406 g/mol. The highest BCUT2D eigenvalue weighted by atomic mass is 32.2. The normalized spacial score (nSPS) is 14.9. The van der Waals surface area contributed by atoms with Gasteiger partial charge in [0, 0.05) is 42.4 Å². The van der Waals surface area contributed by atoms with Crippen LogP contribution in [-0.4, -0.2) is 45.4 Å². The molecule has 1 N–H and O–H groups in total. The third-order valence-corrected chi connectivity index (χ3v) is 6.34. The highest BCUT2D eigenvalue weighted by molar-refractivity contribution is 7.99.